The number of carboxylic acids is 1. The van der Waals surface area contributed by atoms with Crippen LogP contribution in [0.2, 0.25) is 0 Å². The van der Waals surface area contributed by atoms with Crippen LogP contribution < -0.4 is 10.6 Å². The first-order valence-electron chi connectivity index (χ1n) is 17.1. The van der Waals surface area contributed by atoms with Crippen molar-refractivity contribution < 1.29 is 33.8 Å². The molecule has 0 aliphatic rings. The SMILES string of the molecule is CC[C@H](C)C(/C=N\C(=O)CCCCCNC)C(=O)N(C)[C@H](C[C@@H](OC(C)=O)c1nc(C(=O)N[C@@H](CSc2ccccc2)C(=O)O)cs1)C(C)C. The lowest BCUT2D eigenvalue weighted by molar-refractivity contribution is -0.148. The van der Waals surface area contributed by atoms with Crippen molar-refractivity contribution >= 4 is 59.0 Å². The van der Waals surface area contributed by atoms with Gasteiger partial charge in [-0.25, -0.2) is 14.8 Å². The molecule has 1 heterocycles. The van der Waals surface area contributed by atoms with E-state index in [-0.39, 0.29) is 41.5 Å². The van der Waals surface area contributed by atoms with Crippen LogP contribution in [0.1, 0.15) is 94.7 Å². The smallest absolute Gasteiger partial charge is 0.327 e. The number of unbranched alkanes of at least 4 members (excludes halogenated alkanes) is 2. The number of carbonyl (C=O) groups excluding carboxylic acids is 4. The maximum atomic E-state index is 14.0. The Hall–Kier alpha value is -3.62. The number of nitrogens with one attached hydrogen (secondary N) is 2. The number of amides is 3. The molecular formula is C36H53N5O7S2. The second-order valence-corrected chi connectivity index (χ2v) is 14.6. The van der Waals surface area contributed by atoms with Crippen LogP contribution in [0.4, 0.5) is 0 Å². The third kappa shape index (κ3) is 14.3. The molecule has 0 radical (unpaired) electrons. The van der Waals surface area contributed by atoms with E-state index >= 15 is 0 Å². The number of hydrogen-bond acceptors (Lipinski definition) is 10. The highest BCUT2D eigenvalue weighted by molar-refractivity contribution is 7.99. The molecule has 50 heavy (non-hydrogen) atoms. The number of rotatable bonds is 22. The molecule has 14 heteroatoms. The molecule has 3 amide bonds. The molecule has 0 bridgehead atoms. The normalized spacial score (nSPS) is 14.5. The number of esters is 1. The van der Waals surface area contributed by atoms with E-state index in [4.69, 9.17) is 4.74 Å². The fourth-order valence-corrected chi connectivity index (χ4v) is 7.00. The van der Waals surface area contributed by atoms with Gasteiger partial charge in [0.15, 0.2) is 6.10 Å². The summed E-state index contributed by atoms with van der Waals surface area (Å²) in [4.78, 5) is 74.8. The average molecular weight is 732 g/mol. The molecule has 12 nitrogen and oxygen atoms in total. The Balaban J connectivity index is 2.21. The molecule has 3 N–H and O–H groups in total. The third-order valence-corrected chi connectivity index (χ3v) is 10.5. The fraction of sp³-hybridized carbons (Fsp3) is 0.583. The van der Waals surface area contributed by atoms with Crippen molar-refractivity contribution in [1.29, 1.82) is 0 Å². The molecule has 0 saturated carbocycles. The van der Waals surface area contributed by atoms with Gasteiger partial charge in [-0.1, -0.05) is 58.7 Å². The monoisotopic (exact) mass is 731 g/mol. The number of aliphatic carboxylic acids is 1. The molecule has 5 atom stereocenters. The van der Waals surface area contributed by atoms with Crippen LogP contribution in [-0.2, 0) is 23.9 Å². The topological polar surface area (TPSA) is 167 Å². The number of benzene rings is 1. The summed E-state index contributed by atoms with van der Waals surface area (Å²) in [7, 11) is 3.59. The lowest BCUT2D eigenvalue weighted by Crippen LogP contribution is -2.46. The van der Waals surface area contributed by atoms with Crippen LogP contribution in [0.5, 0.6) is 0 Å². The third-order valence-electron chi connectivity index (χ3n) is 8.41. The number of thioether (sulfide) groups is 1. The Morgan fingerprint density at radius 2 is 1.80 bits per heavy atom. The number of nitrogens with zero attached hydrogens (tertiary/aromatic N) is 3. The van der Waals surface area contributed by atoms with Crippen LogP contribution >= 0.6 is 23.1 Å². The van der Waals surface area contributed by atoms with Gasteiger partial charge in [-0.3, -0.25) is 19.2 Å². The molecule has 0 aliphatic heterocycles. The lowest BCUT2D eigenvalue weighted by atomic mass is 9.89. The zero-order valence-corrected chi connectivity index (χ0v) is 31.9. The van der Waals surface area contributed by atoms with Crippen LogP contribution in [-0.4, -0.2) is 89.3 Å². The van der Waals surface area contributed by atoms with Gasteiger partial charge in [0, 0.05) is 55.1 Å². The quantitative estimate of drug-likeness (QED) is 0.0597. The second-order valence-electron chi connectivity index (χ2n) is 12.7. The van der Waals surface area contributed by atoms with Crippen molar-refractivity contribution in [1.82, 2.24) is 20.5 Å². The first-order chi connectivity index (χ1) is 23.8. The standard InChI is InChI=1S/C36H53N5O7S2/c1-8-24(4)27(20-38-32(43)17-13-10-14-18-37-6)35(45)41(7)30(23(2)3)19-31(48-25(5)42)34-40-28(21-50-34)33(44)39-29(36(46)47)22-49-26-15-11-9-12-16-26/h9,11-12,15-16,20-21,23-24,27,29-31,37H,8,10,13-14,17-19,22H2,1-7H3,(H,39,44)(H,46,47)/b38-20-/t24-,27?,29-,30+,31+/m0/s1. The van der Waals surface area contributed by atoms with Crippen molar-refractivity contribution in [3.63, 3.8) is 0 Å². The van der Waals surface area contributed by atoms with Crippen LogP contribution in [0.25, 0.3) is 0 Å². The van der Waals surface area contributed by atoms with E-state index in [9.17, 15) is 29.1 Å². The molecule has 2 rings (SSSR count). The molecule has 0 aliphatic carbocycles. The molecule has 0 fully saturated rings. The maximum absolute atomic E-state index is 14.0. The highest BCUT2D eigenvalue weighted by Gasteiger charge is 2.34. The zero-order chi connectivity index (χ0) is 37.2. The second kappa shape index (κ2) is 22.3. The largest absolute Gasteiger partial charge is 0.480 e. The van der Waals surface area contributed by atoms with Crippen LogP contribution in [0.3, 0.4) is 0 Å². The molecule has 1 aromatic carbocycles. The van der Waals surface area contributed by atoms with E-state index in [1.165, 1.54) is 30.3 Å². The Kier molecular flexibility index (Phi) is 18.9. The van der Waals surface area contributed by atoms with Crippen LogP contribution in [0, 0.1) is 17.8 Å². The summed E-state index contributed by atoms with van der Waals surface area (Å²) in [6.45, 7) is 10.0. The summed E-state index contributed by atoms with van der Waals surface area (Å²) in [6.07, 6.45) is 4.48. The number of carbonyl (C=O) groups is 5. The fourth-order valence-electron chi connectivity index (χ4n) is 5.23. The Morgan fingerprint density at radius 3 is 2.40 bits per heavy atom. The molecule has 2 aromatic rings. The van der Waals surface area contributed by atoms with Crippen molar-refractivity contribution in [2.45, 2.75) is 96.2 Å². The van der Waals surface area contributed by atoms with Gasteiger partial charge in [0.05, 0.1) is 5.92 Å². The minimum atomic E-state index is -1.17. The van der Waals surface area contributed by atoms with E-state index in [1.54, 1.807) is 11.9 Å². The van der Waals surface area contributed by atoms with E-state index in [2.05, 4.69) is 20.6 Å². The van der Waals surface area contributed by atoms with Crippen molar-refractivity contribution in [2.75, 3.05) is 26.4 Å². The lowest BCUT2D eigenvalue weighted by Gasteiger charge is -2.36. The van der Waals surface area contributed by atoms with Gasteiger partial charge < -0.3 is 25.4 Å². The van der Waals surface area contributed by atoms with Crippen molar-refractivity contribution in [3.05, 3.63) is 46.4 Å². The average Bonchev–Trinajstić information content (AvgIpc) is 3.58. The van der Waals surface area contributed by atoms with E-state index in [0.717, 1.165) is 42.0 Å². The van der Waals surface area contributed by atoms with Gasteiger partial charge in [0.2, 0.25) is 11.8 Å². The summed E-state index contributed by atoms with van der Waals surface area (Å²) in [6, 6.07) is 7.72. The highest BCUT2D eigenvalue weighted by atomic mass is 32.2. The number of aromatic nitrogens is 1. The summed E-state index contributed by atoms with van der Waals surface area (Å²) in [5.74, 6) is -3.47. The van der Waals surface area contributed by atoms with Gasteiger partial charge in [-0.2, -0.15) is 0 Å². The molecule has 0 saturated heterocycles. The number of ether oxygens (including phenoxy) is 1. The highest BCUT2D eigenvalue weighted by Crippen LogP contribution is 2.31. The minimum Gasteiger partial charge on any atom is -0.480 e. The van der Waals surface area contributed by atoms with Gasteiger partial charge >= 0.3 is 11.9 Å². The molecule has 0 spiro atoms. The van der Waals surface area contributed by atoms with Gasteiger partial charge in [-0.15, -0.1) is 23.1 Å². The van der Waals surface area contributed by atoms with Crippen molar-refractivity contribution in [3.8, 4) is 0 Å². The first kappa shape index (κ1) is 42.5. The van der Waals surface area contributed by atoms with Crippen molar-refractivity contribution in [2.24, 2.45) is 22.7 Å². The van der Waals surface area contributed by atoms with Gasteiger partial charge in [-0.05, 0) is 50.4 Å². The van der Waals surface area contributed by atoms with Gasteiger partial charge in [0.1, 0.15) is 16.7 Å². The van der Waals surface area contributed by atoms with Crippen LogP contribution in [0.15, 0.2) is 45.6 Å². The predicted octanol–water partition coefficient (Wildman–Crippen LogP) is 5.64. The molecule has 276 valence electrons. The van der Waals surface area contributed by atoms with E-state index in [0.29, 0.717) is 17.8 Å². The Morgan fingerprint density at radius 1 is 1.10 bits per heavy atom. The number of thiazole rings is 1. The number of carboxylic acid groups (broad SMARTS) is 1. The first-order valence-corrected chi connectivity index (χ1v) is 19.0. The molecular weight excluding hydrogens is 679 g/mol. The minimum absolute atomic E-state index is 0.00313. The maximum Gasteiger partial charge on any atom is 0.327 e. The molecule has 1 aromatic heterocycles. The Bertz CT molecular complexity index is 1420. The Labute approximate surface area is 304 Å². The van der Waals surface area contributed by atoms with E-state index in [1.807, 2.05) is 65.1 Å². The van der Waals surface area contributed by atoms with Gasteiger partial charge in [0.25, 0.3) is 5.91 Å². The zero-order valence-electron chi connectivity index (χ0n) is 30.2. The van der Waals surface area contributed by atoms with E-state index < -0.39 is 42.0 Å². The summed E-state index contributed by atoms with van der Waals surface area (Å²) < 4.78 is 5.68. The summed E-state index contributed by atoms with van der Waals surface area (Å²) in [5.41, 5.74) is 0.00313. The number of aliphatic imine (C=N–C) groups is 1. The number of hydrogen-bond donors (Lipinski definition) is 3. The predicted molar refractivity (Wildman–Crippen MR) is 198 cm³/mol. The summed E-state index contributed by atoms with van der Waals surface area (Å²) in [5, 5.41) is 17.2. The summed E-state index contributed by atoms with van der Waals surface area (Å²) >= 11 is 2.43. The molecule has 1 unspecified atom stereocenters.